The number of allylic oxidation sites excluding steroid dienone is 3. The summed E-state index contributed by atoms with van der Waals surface area (Å²) >= 11 is 3.41. The van der Waals surface area contributed by atoms with E-state index in [4.69, 9.17) is 5.73 Å². The molecule has 0 aliphatic heterocycles. The van der Waals surface area contributed by atoms with Crippen molar-refractivity contribution in [2.75, 3.05) is 0 Å². The molecule has 2 aliphatic rings. The molecule has 2 aliphatic carbocycles. The zero-order chi connectivity index (χ0) is 17.3. The summed E-state index contributed by atoms with van der Waals surface area (Å²) in [5.74, 6) is -0.412. The van der Waals surface area contributed by atoms with Crippen LogP contribution in [0.25, 0.3) is 0 Å². The lowest BCUT2D eigenvalue weighted by atomic mass is 9.56. The van der Waals surface area contributed by atoms with Crippen LogP contribution in [0.15, 0.2) is 51.7 Å². The van der Waals surface area contributed by atoms with Crippen LogP contribution in [0.1, 0.15) is 30.7 Å². The van der Waals surface area contributed by atoms with Crippen LogP contribution in [0.4, 0.5) is 0 Å². The first-order valence-corrected chi connectivity index (χ1v) is 8.57. The Morgan fingerprint density at radius 2 is 1.79 bits per heavy atom. The second-order valence-electron chi connectivity index (χ2n) is 6.16. The Morgan fingerprint density at radius 1 is 1.12 bits per heavy atom. The van der Waals surface area contributed by atoms with Crippen LogP contribution in [0.3, 0.4) is 0 Å². The number of hydrogen-bond acceptors (Lipinski definition) is 4. The summed E-state index contributed by atoms with van der Waals surface area (Å²) in [6.07, 6.45) is 4.82. The fourth-order valence-corrected chi connectivity index (χ4v) is 4.21. The van der Waals surface area contributed by atoms with Gasteiger partial charge in [0.15, 0.2) is 5.41 Å². The summed E-state index contributed by atoms with van der Waals surface area (Å²) in [5.41, 5.74) is 6.88. The smallest absolute Gasteiger partial charge is 0.187 e. The van der Waals surface area contributed by atoms with E-state index in [1.807, 2.05) is 24.3 Å². The molecule has 0 unspecified atom stereocenters. The van der Waals surface area contributed by atoms with Crippen LogP contribution >= 0.6 is 15.9 Å². The molecule has 24 heavy (non-hydrogen) atoms. The molecule has 0 saturated heterocycles. The SMILES string of the molecule is N#CC1=C(N)C2=CCCC[C@@H]2[C@H](c2ccc(Br)cc2)C1(C#N)C#N. The predicted molar refractivity (Wildman–Crippen MR) is 92.8 cm³/mol. The van der Waals surface area contributed by atoms with Crippen LogP contribution in [0.5, 0.6) is 0 Å². The zero-order valence-electron chi connectivity index (χ0n) is 13.0. The van der Waals surface area contributed by atoms with Crippen LogP contribution in [-0.2, 0) is 0 Å². The van der Waals surface area contributed by atoms with Crippen molar-refractivity contribution in [3.63, 3.8) is 0 Å². The van der Waals surface area contributed by atoms with Gasteiger partial charge < -0.3 is 5.73 Å². The first kappa shape index (κ1) is 16.3. The van der Waals surface area contributed by atoms with E-state index in [-0.39, 0.29) is 11.5 Å². The second kappa shape index (κ2) is 6.16. The third-order valence-corrected chi connectivity index (χ3v) is 5.55. The summed E-state index contributed by atoms with van der Waals surface area (Å²) in [5, 5.41) is 29.4. The number of hydrogen-bond donors (Lipinski definition) is 1. The highest BCUT2D eigenvalue weighted by Gasteiger charge is 2.54. The average Bonchev–Trinajstić information content (AvgIpc) is 2.62. The largest absolute Gasteiger partial charge is 0.398 e. The number of nitrogens with zero attached hydrogens (tertiary/aromatic N) is 3. The molecule has 0 aromatic heterocycles. The summed E-state index contributed by atoms with van der Waals surface area (Å²) in [4.78, 5) is 0. The summed E-state index contributed by atoms with van der Waals surface area (Å²) in [7, 11) is 0. The van der Waals surface area contributed by atoms with Crippen LogP contribution in [0, 0.1) is 45.3 Å². The molecule has 0 bridgehead atoms. The van der Waals surface area contributed by atoms with E-state index in [0.717, 1.165) is 34.9 Å². The summed E-state index contributed by atoms with van der Waals surface area (Å²) in [6, 6.07) is 13.9. The van der Waals surface area contributed by atoms with Crippen molar-refractivity contribution >= 4 is 15.9 Å². The van der Waals surface area contributed by atoms with E-state index in [1.165, 1.54) is 0 Å². The molecule has 1 aromatic rings. The molecule has 0 fully saturated rings. The van der Waals surface area contributed by atoms with E-state index in [1.54, 1.807) is 0 Å². The third-order valence-electron chi connectivity index (χ3n) is 5.02. The van der Waals surface area contributed by atoms with Gasteiger partial charge in [0.05, 0.1) is 29.5 Å². The Morgan fingerprint density at radius 3 is 2.38 bits per heavy atom. The number of fused-ring (bicyclic) bond motifs is 1. The van der Waals surface area contributed by atoms with Gasteiger partial charge in [0.25, 0.3) is 0 Å². The minimum absolute atomic E-state index is 0.0173. The highest BCUT2D eigenvalue weighted by atomic mass is 79.9. The number of nitrogens with two attached hydrogens (primary N) is 1. The van der Waals surface area contributed by atoms with Gasteiger partial charge in [-0.25, -0.2) is 0 Å². The van der Waals surface area contributed by atoms with Crippen LogP contribution < -0.4 is 5.73 Å². The zero-order valence-corrected chi connectivity index (χ0v) is 14.5. The molecule has 0 amide bonds. The van der Waals surface area contributed by atoms with Gasteiger partial charge in [-0.05, 0) is 48.4 Å². The summed E-state index contributed by atoms with van der Waals surface area (Å²) < 4.78 is 0.927. The van der Waals surface area contributed by atoms with Gasteiger partial charge in [0.2, 0.25) is 0 Å². The monoisotopic (exact) mass is 378 g/mol. The highest BCUT2D eigenvalue weighted by Crippen LogP contribution is 2.56. The van der Waals surface area contributed by atoms with Gasteiger partial charge in [0.1, 0.15) is 0 Å². The molecule has 118 valence electrons. The Balaban J connectivity index is 2.32. The van der Waals surface area contributed by atoms with Gasteiger partial charge in [-0.1, -0.05) is 34.1 Å². The predicted octanol–water partition coefficient (Wildman–Crippen LogP) is 4.04. The quantitative estimate of drug-likeness (QED) is 0.796. The summed E-state index contributed by atoms with van der Waals surface area (Å²) in [6.45, 7) is 0. The molecular formula is C19H15BrN4. The fourth-order valence-electron chi connectivity index (χ4n) is 3.95. The molecule has 0 heterocycles. The van der Waals surface area contributed by atoms with E-state index >= 15 is 0 Å². The van der Waals surface area contributed by atoms with Crippen molar-refractivity contribution in [2.45, 2.75) is 25.2 Å². The molecule has 0 saturated carbocycles. The Bertz CT molecular complexity index is 845. The molecule has 4 nitrogen and oxygen atoms in total. The minimum atomic E-state index is -1.55. The Labute approximate surface area is 149 Å². The van der Waals surface area contributed by atoms with Crippen LogP contribution in [-0.4, -0.2) is 0 Å². The maximum Gasteiger partial charge on any atom is 0.187 e. The van der Waals surface area contributed by atoms with Gasteiger partial charge >= 0.3 is 0 Å². The molecule has 0 spiro atoms. The Kier molecular flexibility index (Phi) is 4.18. The highest BCUT2D eigenvalue weighted by molar-refractivity contribution is 9.10. The lowest BCUT2D eigenvalue weighted by Gasteiger charge is -2.43. The van der Waals surface area contributed by atoms with E-state index < -0.39 is 11.3 Å². The van der Waals surface area contributed by atoms with E-state index in [0.29, 0.717) is 5.70 Å². The molecule has 0 radical (unpaired) electrons. The lowest BCUT2D eigenvalue weighted by molar-refractivity contribution is 0.322. The molecule has 5 heteroatoms. The van der Waals surface area contributed by atoms with Gasteiger partial charge in [-0.15, -0.1) is 0 Å². The lowest BCUT2D eigenvalue weighted by Crippen LogP contribution is -2.41. The van der Waals surface area contributed by atoms with Crippen LogP contribution in [0.2, 0.25) is 0 Å². The van der Waals surface area contributed by atoms with E-state index in [9.17, 15) is 15.8 Å². The maximum absolute atomic E-state index is 9.90. The van der Waals surface area contributed by atoms with Crippen molar-refractivity contribution in [1.29, 1.82) is 15.8 Å². The van der Waals surface area contributed by atoms with Gasteiger partial charge in [0, 0.05) is 10.4 Å². The van der Waals surface area contributed by atoms with Crippen molar-refractivity contribution < 1.29 is 0 Å². The van der Waals surface area contributed by atoms with Gasteiger partial charge in [-0.2, -0.15) is 15.8 Å². The number of nitriles is 3. The van der Waals surface area contributed by atoms with Crippen molar-refractivity contribution in [2.24, 2.45) is 17.1 Å². The molecule has 1 aromatic carbocycles. The van der Waals surface area contributed by atoms with E-state index in [2.05, 4.69) is 40.2 Å². The number of rotatable bonds is 1. The van der Waals surface area contributed by atoms with Crippen molar-refractivity contribution in [3.8, 4) is 18.2 Å². The number of halogens is 1. The second-order valence-corrected chi connectivity index (χ2v) is 7.07. The number of benzene rings is 1. The molecule has 2 atom stereocenters. The van der Waals surface area contributed by atoms with Crippen molar-refractivity contribution in [3.05, 3.63) is 57.2 Å². The molecule has 2 N–H and O–H groups in total. The average molecular weight is 379 g/mol. The Hall–Kier alpha value is -2.55. The normalized spacial score (nSPS) is 24.8. The minimum Gasteiger partial charge on any atom is -0.398 e. The fraction of sp³-hybridized carbons (Fsp3) is 0.316. The molecule has 3 rings (SSSR count). The van der Waals surface area contributed by atoms with Gasteiger partial charge in [-0.3, -0.25) is 0 Å². The maximum atomic E-state index is 9.90. The standard InChI is InChI=1S/C19H15BrN4/c20-13-7-5-12(6-8-13)17-14-3-1-2-4-15(14)18(24)16(9-21)19(17,10-22)11-23/h4-8,14,17H,1-3,24H2/t14-,17-/m0/s1. The van der Waals surface area contributed by atoms with Crippen molar-refractivity contribution in [1.82, 2.24) is 0 Å². The third kappa shape index (κ3) is 2.23. The first-order valence-electron chi connectivity index (χ1n) is 7.77. The first-order chi connectivity index (χ1) is 11.6. The molecular weight excluding hydrogens is 364 g/mol. The topological polar surface area (TPSA) is 97.4 Å².